The van der Waals surface area contributed by atoms with Crippen molar-refractivity contribution in [1.82, 2.24) is 10.3 Å². The summed E-state index contributed by atoms with van der Waals surface area (Å²) in [5.41, 5.74) is 1.51. The number of fused-ring (bicyclic) bond motifs is 1. The smallest absolute Gasteiger partial charge is 0.267 e. The summed E-state index contributed by atoms with van der Waals surface area (Å²) in [6, 6.07) is 12.8. The van der Waals surface area contributed by atoms with Crippen LogP contribution in [-0.2, 0) is 9.59 Å². The van der Waals surface area contributed by atoms with Crippen molar-refractivity contribution >= 4 is 17.5 Å². The summed E-state index contributed by atoms with van der Waals surface area (Å²) in [5.74, 6) is 0.406. The molecule has 2 atom stereocenters. The number of anilines is 1. The van der Waals surface area contributed by atoms with E-state index in [-0.39, 0.29) is 24.3 Å². The highest BCUT2D eigenvalue weighted by atomic mass is 16.5. The van der Waals surface area contributed by atoms with E-state index in [0.29, 0.717) is 18.0 Å². The fourth-order valence-electron chi connectivity index (χ4n) is 2.82. The summed E-state index contributed by atoms with van der Waals surface area (Å²) in [5, 5.41) is 2.92. The Morgan fingerprint density at radius 3 is 2.80 bits per heavy atom. The molecule has 6 heteroatoms. The molecule has 1 aromatic carbocycles. The molecule has 0 saturated heterocycles. The minimum atomic E-state index is -0.551. The summed E-state index contributed by atoms with van der Waals surface area (Å²) >= 11 is 0. The molecule has 130 valence electrons. The van der Waals surface area contributed by atoms with E-state index in [9.17, 15) is 9.59 Å². The first kappa shape index (κ1) is 17.0. The molecule has 2 aromatic rings. The van der Waals surface area contributed by atoms with Crippen LogP contribution in [0.3, 0.4) is 0 Å². The minimum Gasteiger partial charge on any atom is -0.479 e. The second-order valence-electron chi connectivity index (χ2n) is 6.01. The van der Waals surface area contributed by atoms with Gasteiger partial charge in [-0.05, 0) is 38.1 Å². The number of ether oxygens (including phenoxy) is 1. The van der Waals surface area contributed by atoms with Gasteiger partial charge in [-0.15, -0.1) is 0 Å². The lowest BCUT2D eigenvalue weighted by molar-refractivity contribution is -0.125. The molecule has 0 unspecified atom stereocenters. The standard InChI is InChI=1S/C19H21N3O3/c1-13(15-7-5-6-11-20-15)21-18(23)10-12-22-16-8-3-4-9-17(16)25-14(2)19(22)24/h3-9,11,13-14H,10,12H2,1-2H3,(H,21,23)/t13-,14-/m0/s1. The Kier molecular flexibility index (Phi) is 4.97. The minimum absolute atomic E-state index is 0.123. The first-order chi connectivity index (χ1) is 12.1. The van der Waals surface area contributed by atoms with Gasteiger partial charge in [-0.1, -0.05) is 18.2 Å². The van der Waals surface area contributed by atoms with Gasteiger partial charge >= 0.3 is 0 Å². The van der Waals surface area contributed by atoms with Crippen LogP contribution >= 0.6 is 0 Å². The second kappa shape index (κ2) is 7.34. The molecule has 0 spiro atoms. The van der Waals surface area contributed by atoms with Crippen molar-refractivity contribution in [2.45, 2.75) is 32.4 Å². The fourth-order valence-corrected chi connectivity index (χ4v) is 2.82. The van der Waals surface area contributed by atoms with E-state index in [0.717, 1.165) is 5.69 Å². The molecule has 25 heavy (non-hydrogen) atoms. The van der Waals surface area contributed by atoms with Gasteiger partial charge in [-0.25, -0.2) is 0 Å². The summed E-state index contributed by atoms with van der Waals surface area (Å²) < 4.78 is 5.60. The predicted molar refractivity (Wildman–Crippen MR) is 94.3 cm³/mol. The molecule has 1 aromatic heterocycles. The number of benzene rings is 1. The third kappa shape index (κ3) is 3.79. The molecule has 0 saturated carbocycles. The number of nitrogens with zero attached hydrogens (tertiary/aromatic N) is 2. The Balaban J connectivity index is 1.63. The van der Waals surface area contributed by atoms with Crippen LogP contribution in [0, 0.1) is 0 Å². The topological polar surface area (TPSA) is 71.5 Å². The van der Waals surface area contributed by atoms with E-state index < -0.39 is 6.10 Å². The van der Waals surface area contributed by atoms with Gasteiger partial charge in [0.25, 0.3) is 5.91 Å². The first-order valence-corrected chi connectivity index (χ1v) is 8.33. The Bertz CT molecular complexity index is 764. The van der Waals surface area contributed by atoms with E-state index in [1.165, 1.54) is 0 Å². The molecule has 1 aliphatic heterocycles. The van der Waals surface area contributed by atoms with Crippen molar-refractivity contribution in [2.75, 3.05) is 11.4 Å². The fraction of sp³-hybridized carbons (Fsp3) is 0.316. The van der Waals surface area contributed by atoms with Crippen LogP contribution in [0.1, 0.15) is 32.0 Å². The molecule has 6 nitrogen and oxygen atoms in total. The zero-order valence-corrected chi connectivity index (χ0v) is 14.3. The van der Waals surface area contributed by atoms with Gasteiger partial charge in [0.15, 0.2) is 6.10 Å². The number of pyridine rings is 1. The highest BCUT2D eigenvalue weighted by Crippen LogP contribution is 2.33. The van der Waals surface area contributed by atoms with Gasteiger partial charge in [-0.2, -0.15) is 0 Å². The Morgan fingerprint density at radius 1 is 1.28 bits per heavy atom. The van der Waals surface area contributed by atoms with Crippen molar-refractivity contribution < 1.29 is 14.3 Å². The number of para-hydroxylation sites is 2. The van der Waals surface area contributed by atoms with E-state index in [1.54, 1.807) is 18.0 Å². The van der Waals surface area contributed by atoms with Gasteiger partial charge in [-0.3, -0.25) is 14.6 Å². The lowest BCUT2D eigenvalue weighted by Crippen LogP contribution is -2.45. The zero-order chi connectivity index (χ0) is 17.8. The summed E-state index contributed by atoms with van der Waals surface area (Å²) in [6.07, 6.45) is 1.36. The molecule has 1 aliphatic rings. The third-order valence-electron chi connectivity index (χ3n) is 4.14. The van der Waals surface area contributed by atoms with Gasteiger partial charge in [0.05, 0.1) is 17.4 Å². The SMILES string of the molecule is C[C@@H]1Oc2ccccc2N(CCC(=O)N[C@@H](C)c2ccccn2)C1=O. The number of hydrogen-bond acceptors (Lipinski definition) is 4. The molecule has 0 aliphatic carbocycles. The maximum Gasteiger partial charge on any atom is 0.267 e. The Labute approximate surface area is 146 Å². The van der Waals surface area contributed by atoms with Crippen molar-refractivity contribution in [1.29, 1.82) is 0 Å². The van der Waals surface area contributed by atoms with Gasteiger partial charge in [0.1, 0.15) is 5.75 Å². The van der Waals surface area contributed by atoms with Crippen molar-refractivity contribution in [3.63, 3.8) is 0 Å². The number of carbonyl (C=O) groups is 2. The van der Waals surface area contributed by atoms with Gasteiger partial charge in [0.2, 0.25) is 5.91 Å². The summed E-state index contributed by atoms with van der Waals surface area (Å²) in [4.78, 5) is 30.5. The van der Waals surface area contributed by atoms with Crippen LogP contribution in [0.15, 0.2) is 48.7 Å². The average Bonchev–Trinajstić information content (AvgIpc) is 2.63. The maximum atomic E-state index is 12.4. The number of hydrogen-bond donors (Lipinski definition) is 1. The van der Waals surface area contributed by atoms with Gasteiger partial charge in [0, 0.05) is 19.2 Å². The molecule has 0 bridgehead atoms. The largest absolute Gasteiger partial charge is 0.479 e. The van der Waals surface area contributed by atoms with Crippen molar-refractivity contribution in [2.24, 2.45) is 0 Å². The Morgan fingerprint density at radius 2 is 2.04 bits per heavy atom. The third-order valence-corrected chi connectivity index (χ3v) is 4.14. The highest BCUT2D eigenvalue weighted by Gasteiger charge is 2.31. The lowest BCUT2D eigenvalue weighted by Gasteiger charge is -2.32. The molecular formula is C19H21N3O3. The van der Waals surface area contributed by atoms with Crippen LogP contribution in [-0.4, -0.2) is 29.4 Å². The van der Waals surface area contributed by atoms with E-state index in [1.807, 2.05) is 49.4 Å². The van der Waals surface area contributed by atoms with Crippen molar-refractivity contribution in [3.8, 4) is 5.75 Å². The number of rotatable bonds is 5. The van der Waals surface area contributed by atoms with E-state index in [2.05, 4.69) is 10.3 Å². The zero-order valence-electron chi connectivity index (χ0n) is 14.3. The van der Waals surface area contributed by atoms with E-state index >= 15 is 0 Å². The molecule has 0 radical (unpaired) electrons. The number of aromatic nitrogens is 1. The lowest BCUT2D eigenvalue weighted by atomic mass is 10.1. The quantitative estimate of drug-likeness (QED) is 0.908. The molecule has 1 N–H and O–H groups in total. The molecule has 2 amide bonds. The number of carbonyl (C=O) groups excluding carboxylic acids is 2. The van der Waals surface area contributed by atoms with Crippen molar-refractivity contribution in [3.05, 3.63) is 54.4 Å². The highest BCUT2D eigenvalue weighted by molar-refractivity contribution is 6.00. The summed E-state index contributed by atoms with van der Waals surface area (Å²) in [6.45, 7) is 3.91. The Hall–Kier alpha value is -2.89. The molecule has 2 heterocycles. The number of amides is 2. The maximum absolute atomic E-state index is 12.4. The van der Waals surface area contributed by atoms with Crippen LogP contribution in [0.25, 0.3) is 0 Å². The molecule has 0 fully saturated rings. The summed E-state index contributed by atoms with van der Waals surface area (Å²) in [7, 11) is 0. The van der Waals surface area contributed by atoms with Crippen LogP contribution in [0.5, 0.6) is 5.75 Å². The van der Waals surface area contributed by atoms with E-state index in [4.69, 9.17) is 4.74 Å². The monoisotopic (exact) mass is 339 g/mol. The second-order valence-corrected chi connectivity index (χ2v) is 6.01. The predicted octanol–water partition coefficient (Wildman–Crippen LogP) is 2.46. The normalized spacial score (nSPS) is 17.4. The van der Waals surface area contributed by atoms with Crippen LogP contribution < -0.4 is 15.0 Å². The average molecular weight is 339 g/mol. The van der Waals surface area contributed by atoms with Gasteiger partial charge < -0.3 is 15.0 Å². The van der Waals surface area contributed by atoms with Crippen LogP contribution in [0.4, 0.5) is 5.69 Å². The first-order valence-electron chi connectivity index (χ1n) is 8.33. The molecular weight excluding hydrogens is 318 g/mol. The molecule has 3 rings (SSSR count). The number of nitrogens with one attached hydrogen (secondary N) is 1. The van der Waals surface area contributed by atoms with Crippen LogP contribution in [0.2, 0.25) is 0 Å².